The van der Waals surface area contributed by atoms with E-state index in [0.717, 1.165) is 25.7 Å². The van der Waals surface area contributed by atoms with E-state index >= 15 is 0 Å². The summed E-state index contributed by atoms with van der Waals surface area (Å²) in [4.78, 5) is 23.4. The minimum atomic E-state index is -0.810. The van der Waals surface area contributed by atoms with Gasteiger partial charge < -0.3 is 10.4 Å². The van der Waals surface area contributed by atoms with Crippen LogP contribution in [0, 0.1) is 10.8 Å². The topological polar surface area (TPSA) is 66.4 Å². The summed E-state index contributed by atoms with van der Waals surface area (Å²) in [6.07, 6.45) is 4.62. The van der Waals surface area contributed by atoms with E-state index in [-0.39, 0.29) is 17.4 Å². The van der Waals surface area contributed by atoms with Crippen LogP contribution in [0.25, 0.3) is 0 Å². The van der Waals surface area contributed by atoms with Gasteiger partial charge >= 0.3 is 5.97 Å². The second kappa shape index (κ2) is 5.93. The molecule has 2 N–H and O–H groups in total. The third-order valence-corrected chi connectivity index (χ3v) is 4.13. The Bertz CT molecular complexity index is 346. The summed E-state index contributed by atoms with van der Waals surface area (Å²) in [7, 11) is 0. The molecule has 1 rings (SSSR count). The van der Waals surface area contributed by atoms with Crippen molar-refractivity contribution >= 4 is 11.9 Å². The maximum Gasteiger partial charge on any atom is 0.311 e. The minimum Gasteiger partial charge on any atom is -0.481 e. The van der Waals surface area contributed by atoms with Crippen molar-refractivity contribution in [3.63, 3.8) is 0 Å². The van der Waals surface area contributed by atoms with Gasteiger partial charge in [0.15, 0.2) is 0 Å². The Morgan fingerprint density at radius 1 is 1.32 bits per heavy atom. The highest BCUT2D eigenvalue weighted by molar-refractivity contribution is 5.80. The van der Waals surface area contributed by atoms with Crippen molar-refractivity contribution in [3.05, 3.63) is 0 Å². The summed E-state index contributed by atoms with van der Waals surface area (Å²) >= 11 is 0. The first-order valence-corrected chi connectivity index (χ1v) is 7.18. The number of amides is 1. The molecular weight excluding hydrogens is 242 g/mol. The lowest BCUT2D eigenvalue weighted by molar-refractivity contribution is -0.152. The van der Waals surface area contributed by atoms with E-state index in [4.69, 9.17) is 0 Å². The molecule has 0 aromatic carbocycles. The monoisotopic (exact) mass is 269 g/mol. The quantitative estimate of drug-likeness (QED) is 0.824. The smallest absolute Gasteiger partial charge is 0.311 e. The summed E-state index contributed by atoms with van der Waals surface area (Å²) in [6.45, 7) is 8.05. The highest BCUT2D eigenvalue weighted by Gasteiger charge is 2.43. The number of carbonyl (C=O) groups is 2. The van der Waals surface area contributed by atoms with Gasteiger partial charge in [0, 0.05) is 12.5 Å². The summed E-state index contributed by atoms with van der Waals surface area (Å²) in [6, 6.07) is -0.230. The molecule has 1 saturated carbocycles. The summed E-state index contributed by atoms with van der Waals surface area (Å²) in [5.74, 6) is -0.817. The Labute approximate surface area is 116 Å². The normalized spacial score (nSPS) is 27.9. The molecule has 1 aliphatic rings. The molecule has 19 heavy (non-hydrogen) atoms. The lowest BCUT2D eigenvalue weighted by Gasteiger charge is -2.38. The Morgan fingerprint density at radius 2 is 1.95 bits per heavy atom. The van der Waals surface area contributed by atoms with Gasteiger partial charge in [-0.3, -0.25) is 9.59 Å². The average molecular weight is 269 g/mol. The number of carbonyl (C=O) groups excluding carboxylic acids is 1. The van der Waals surface area contributed by atoms with Gasteiger partial charge in [0.1, 0.15) is 0 Å². The maximum atomic E-state index is 12.0. The van der Waals surface area contributed by atoms with Crippen LogP contribution in [0.3, 0.4) is 0 Å². The van der Waals surface area contributed by atoms with E-state index in [9.17, 15) is 14.7 Å². The molecule has 110 valence electrons. The Balaban J connectivity index is 2.58. The van der Waals surface area contributed by atoms with Crippen molar-refractivity contribution in [1.29, 1.82) is 0 Å². The van der Waals surface area contributed by atoms with E-state index in [1.54, 1.807) is 6.92 Å². The molecule has 0 radical (unpaired) electrons. The number of nitrogens with one attached hydrogen (secondary N) is 1. The summed E-state index contributed by atoms with van der Waals surface area (Å²) in [5, 5.41) is 12.3. The predicted octanol–water partition coefficient (Wildman–Crippen LogP) is 2.96. The second-order valence-corrected chi connectivity index (χ2v) is 7.15. The Hall–Kier alpha value is -1.06. The van der Waals surface area contributed by atoms with Crippen molar-refractivity contribution < 1.29 is 14.7 Å². The van der Waals surface area contributed by atoms with Crippen molar-refractivity contribution in [2.75, 3.05) is 0 Å². The van der Waals surface area contributed by atoms with Gasteiger partial charge in [-0.2, -0.15) is 0 Å². The zero-order valence-electron chi connectivity index (χ0n) is 12.6. The molecule has 4 nitrogen and oxygen atoms in total. The molecule has 0 aromatic heterocycles. The van der Waals surface area contributed by atoms with Gasteiger partial charge in [0.2, 0.25) is 5.91 Å². The van der Waals surface area contributed by atoms with Gasteiger partial charge in [-0.25, -0.2) is 0 Å². The molecule has 0 heterocycles. The van der Waals surface area contributed by atoms with Crippen LogP contribution >= 0.6 is 0 Å². The molecule has 1 fully saturated rings. The highest BCUT2D eigenvalue weighted by Crippen LogP contribution is 2.36. The number of hydrogen-bond donors (Lipinski definition) is 2. The molecule has 0 aliphatic heterocycles. The zero-order valence-corrected chi connectivity index (χ0v) is 12.6. The van der Waals surface area contributed by atoms with Gasteiger partial charge in [-0.15, -0.1) is 0 Å². The molecule has 1 aliphatic carbocycles. The fourth-order valence-electron chi connectivity index (χ4n) is 2.58. The van der Waals surface area contributed by atoms with Crippen LogP contribution in [0.1, 0.15) is 66.2 Å². The van der Waals surface area contributed by atoms with Crippen molar-refractivity contribution in [2.45, 2.75) is 72.3 Å². The van der Waals surface area contributed by atoms with Crippen LogP contribution in [0.5, 0.6) is 0 Å². The van der Waals surface area contributed by atoms with Gasteiger partial charge in [-0.05, 0) is 31.6 Å². The molecule has 4 heteroatoms. The van der Waals surface area contributed by atoms with Crippen LogP contribution in [0.4, 0.5) is 0 Å². The molecule has 0 aromatic rings. The molecule has 2 atom stereocenters. The zero-order chi connectivity index (χ0) is 14.7. The molecule has 0 bridgehead atoms. The first-order valence-electron chi connectivity index (χ1n) is 7.18. The first-order chi connectivity index (χ1) is 8.65. The van der Waals surface area contributed by atoms with E-state index in [0.29, 0.717) is 12.8 Å². The lowest BCUT2D eigenvalue weighted by Crippen LogP contribution is -2.52. The standard InChI is InChI=1S/C15H27NO3/c1-14(2,3)10-8-12(17)16-11-7-5-6-9-15(11,4)13(18)19/h11H,5-10H2,1-4H3,(H,16,17)(H,18,19). The maximum absolute atomic E-state index is 12.0. The fourth-order valence-corrected chi connectivity index (χ4v) is 2.58. The van der Waals surface area contributed by atoms with E-state index < -0.39 is 11.4 Å². The Morgan fingerprint density at radius 3 is 2.47 bits per heavy atom. The van der Waals surface area contributed by atoms with Crippen molar-refractivity contribution in [2.24, 2.45) is 10.8 Å². The number of carboxylic acid groups (broad SMARTS) is 1. The second-order valence-electron chi connectivity index (χ2n) is 7.15. The molecule has 0 spiro atoms. The molecule has 1 amide bonds. The van der Waals surface area contributed by atoms with Gasteiger partial charge in [-0.1, -0.05) is 33.6 Å². The number of hydrogen-bond acceptors (Lipinski definition) is 2. The number of aliphatic carboxylic acids is 1. The first kappa shape index (κ1) is 16.0. The van der Waals surface area contributed by atoms with Crippen LogP contribution in [-0.4, -0.2) is 23.0 Å². The van der Waals surface area contributed by atoms with Gasteiger partial charge in [0.25, 0.3) is 0 Å². The highest BCUT2D eigenvalue weighted by atomic mass is 16.4. The third-order valence-electron chi connectivity index (χ3n) is 4.13. The summed E-state index contributed by atoms with van der Waals surface area (Å²) < 4.78 is 0. The number of rotatable bonds is 4. The van der Waals surface area contributed by atoms with E-state index in [1.807, 2.05) is 0 Å². The SMILES string of the molecule is CC(C)(C)CCC(=O)NC1CCCCC1(C)C(=O)O. The molecule has 0 saturated heterocycles. The Kier molecular flexibility index (Phi) is 4.99. The molecule has 2 unspecified atom stereocenters. The average Bonchev–Trinajstić information content (AvgIpc) is 2.28. The third kappa shape index (κ3) is 4.51. The van der Waals surface area contributed by atoms with Gasteiger partial charge in [0.05, 0.1) is 5.41 Å². The largest absolute Gasteiger partial charge is 0.481 e. The van der Waals surface area contributed by atoms with Crippen LogP contribution in [-0.2, 0) is 9.59 Å². The van der Waals surface area contributed by atoms with E-state index in [2.05, 4.69) is 26.1 Å². The number of carboxylic acids is 1. The van der Waals surface area contributed by atoms with Crippen molar-refractivity contribution in [1.82, 2.24) is 5.32 Å². The van der Waals surface area contributed by atoms with Crippen molar-refractivity contribution in [3.8, 4) is 0 Å². The lowest BCUT2D eigenvalue weighted by atomic mass is 9.71. The van der Waals surface area contributed by atoms with Crippen LogP contribution in [0.15, 0.2) is 0 Å². The minimum absolute atomic E-state index is 0.0192. The summed E-state index contributed by atoms with van der Waals surface area (Å²) in [5.41, 5.74) is -0.685. The van der Waals surface area contributed by atoms with Crippen LogP contribution < -0.4 is 5.32 Å². The fraction of sp³-hybridized carbons (Fsp3) is 0.867. The predicted molar refractivity (Wildman–Crippen MR) is 74.8 cm³/mol. The molecular formula is C15H27NO3. The van der Waals surface area contributed by atoms with E-state index in [1.165, 1.54) is 0 Å². The van der Waals surface area contributed by atoms with Crippen LogP contribution in [0.2, 0.25) is 0 Å².